The first-order valence-corrected chi connectivity index (χ1v) is 35.4. The number of hydrogen-bond acceptors (Lipinski definition) is 21. The van der Waals surface area contributed by atoms with Crippen LogP contribution in [-0.2, 0) is 95.7 Å². The summed E-state index contributed by atoms with van der Waals surface area (Å²) < 4.78 is 56.4. The average molecular weight is 1460 g/mol. The Morgan fingerprint density at radius 1 is 0.452 bits per heavy atom. The molecule has 1 heterocycles. The van der Waals surface area contributed by atoms with Gasteiger partial charge in [0, 0.05) is 19.4 Å². The number of carbonyl (C=O) groups excluding carboxylic acids is 11. The first-order chi connectivity index (χ1) is 49.2. The first kappa shape index (κ1) is 87.3. The van der Waals surface area contributed by atoms with Gasteiger partial charge in [-0.3, -0.25) is 33.6 Å². The van der Waals surface area contributed by atoms with E-state index in [1.807, 2.05) is 32.0 Å². The molecular formula is C74H111N9O21. The fourth-order valence-corrected chi connectivity index (χ4v) is 10.3. The van der Waals surface area contributed by atoms with E-state index in [4.69, 9.17) is 47.4 Å². The Morgan fingerprint density at radius 3 is 1.47 bits per heavy atom. The van der Waals surface area contributed by atoms with Gasteiger partial charge in [-0.15, -0.1) is 0 Å². The minimum Gasteiger partial charge on any atom is -0.487 e. The van der Waals surface area contributed by atoms with Crippen LogP contribution < -0.4 is 52.0 Å². The van der Waals surface area contributed by atoms with E-state index in [1.54, 1.807) is 95.3 Å². The van der Waals surface area contributed by atoms with Crippen molar-refractivity contribution in [3.8, 4) is 11.5 Å². The number of benzene rings is 3. The highest BCUT2D eigenvalue weighted by molar-refractivity contribution is 6.03. The number of amides is 10. The van der Waals surface area contributed by atoms with E-state index in [-0.39, 0.29) is 109 Å². The van der Waals surface area contributed by atoms with Crippen LogP contribution in [-0.4, -0.2) is 210 Å². The van der Waals surface area contributed by atoms with Gasteiger partial charge in [0.1, 0.15) is 79.4 Å². The number of nitrogens with zero attached hydrogens (tertiary/aromatic N) is 1. The maximum absolute atomic E-state index is 15.9. The maximum atomic E-state index is 15.9. The van der Waals surface area contributed by atoms with E-state index < -0.39 is 137 Å². The van der Waals surface area contributed by atoms with Gasteiger partial charge in [0.25, 0.3) is 5.91 Å². The zero-order chi connectivity index (χ0) is 76.9. The number of unbranched alkanes of at least 4 members (excludes halogenated alkanes) is 1. The van der Waals surface area contributed by atoms with Gasteiger partial charge in [0.05, 0.1) is 60.0 Å². The van der Waals surface area contributed by atoms with Crippen LogP contribution in [0, 0.1) is 11.8 Å². The Kier molecular flexibility index (Phi) is 37.9. The summed E-state index contributed by atoms with van der Waals surface area (Å²) in [6.07, 6.45) is -3.16. The van der Waals surface area contributed by atoms with Crippen molar-refractivity contribution in [1.29, 1.82) is 0 Å². The van der Waals surface area contributed by atoms with E-state index in [1.165, 1.54) is 41.5 Å². The summed E-state index contributed by atoms with van der Waals surface area (Å²) in [5.41, 5.74) is -0.590. The summed E-state index contributed by atoms with van der Waals surface area (Å²) in [7, 11) is 1.14. The number of hydrogen-bond donors (Lipinski definition) is 8. The molecule has 0 bridgehead atoms. The van der Waals surface area contributed by atoms with E-state index >= 15 is 24.0 Å². The minimum absolute atomic E-state index is 0.0164. The SMILES string of the molecule is COC(=O)[C@H](C)NC(=O)[C@H](C)NC(=O)[C@H](Cc1ccc2c(c1)OCCOCCOCCOCCOCCO2)N(C(=O)OC(C)(C)C)C(=O)[C@H](CC(C)C)NC(=O)[C@H](Cc1ccccc1)NC(=O)[C@H](CCCCNC(=O)OCc1ccccc1)NC(=O)[C@H](C)NC(=O)[C@H](CC(C)C)NC(=O)OC(C)(C)C. The third-order valence-corrected chi connectivity index (χ3v) is 15.4. The van der Waals surface area contributed by atoms with Crippen LogP contribution in [0.1, 0.15) is 139 Å². The van der Waals surface area contributed by atoms with Gasteiger partial charge in [0.15, 0.2) is 11.5 Å². The van der Waals surface area contributed by atoms with Gasteiger partial charge in [-0.2, -0.15) is 0 Å². The summed E-state index contributed by atoms with van der Waals surface area (Å²) in [5, 5.41) is 21.3. The Balaban J connectivity index is 1.80. The largest absolute Gasteiger partial charge is 0.487 e. The molecule has 0 unspecified atom stereocenters. The van der Waals surface area contributed by atoms with Gasteiger partial charge in [-0.1, -0.05) is 94.4 Å². The molecule has 3 aromatic rings. The highest BCUT2D eigenvalue weighted by atomic mass is 16.6. The molecule has 578 valence electrons. The summed E-state index contributed by atoms with van der Waals surface area (Å²) in [5.74, 6) is -7.22. The molecule has 0 spiro atoms. The molecule has 4 rings (SSSR count). The predicted molar refractivity (Wildman–Crippen MR) is 383 cm³/mol. The van der Waals surface area contributed by atoms with Gasteiger partial charge in [-0.25, -0.2) is 24.1 Å². The lowest BCUT2D eigenvalue weighted by atomic mass is 9.98. The number of ether oxygens (including phenoxy) is 10. The average Bonchev–Trinajstić information content (AvgIpc) is 0.803. The van der Waals surface area contributed by atoms with E-state index in [0.29, 0.717) is 42.5 Å². The number of nitrogens with one attached hydrogen (secondary N) is 8. The topological polar surface area (TPSA) is 380 Å². The standard InChI is InChI=1S/C74H111N9O21/c1-47(2)41-56(82-71(93)103-73(8,9)10)65(87)76-50(6)63(85)79-55(27-21-22-30-75-70(92)102-46-53-25-19-16-20-26-53)64(86)80-57(43-52-23-17-15-18-24-52)66(88)81-58(42-48(3)4)68(90)83(72(94)104-74(11,12)13)59(67(89)77-49(5)62(84)78-51(7)69(91)95-14)44-54-28-29-60-61(45-54)101-40-38-99-36-34-97-32-31-96-33-35-98-37-39-100-60/h15-20,23-26,28-29,45,47-51,55-59H,21-22,27,30-44,46H2,1-14H3,(H,75,92)(H,76,87)(H,77,89)(H,78,84)(H,79,85)(H,80,86)(H,81,88)(H,82,93)/t49-,50-,51-,55-,56-,57-,58-,59-/m0/s1. The van der Waals surface area contributed by atoms with E-state index in [9.17, 15) is 28.8 Å². The number of esters is 1. The van der Waals surface area contributed by atoms with Crippen LogP contribution in [0.15, 0.2) is 78.9 Å². The molecule has 8 atom stereocenters. The number of carbonyl (C=O) groups is 11. The second kappa shape index (κ2) is 45.2. The molecule has 0 saturated carbocycles. The third-order valence-electron chi connectivity index (χ3n) is 15.4. The van der Waals surface area contributed by atoms with Crippen molar-refractivity contribution in [2.45, 2.75) is 201 Å². The molecule has 0 aliphatic carbocycles. The summed E-state index contributed by atoms with van der Waals surface area (Å²) in [4.78, 5) is 157. The van der Waals surface area contributed by atoms with Gasteiger partial charge in [0.2, 0.25) is 35.4 Å². The number of imide groups is 1. The van der Waals surface area contributed by atoms with Gasteiger partial charge < -0.3 is 89.9 Å². The predicted octanol–water partition coefficient (Wildman–Crippen LogP) is 5.67. The molecule has 104 heavy (non-hydrogen) atoms. The van der Waals surface area contributed by atoms with Crippen molar-refractivity contribution >= 4 is 65.6 Å². The van der Waals surface area contributed by atoms with Crippen LogP contribution >= 0.6 is 0 Å². The lowest BCUT2D eigenvalue weighted by Gasteiger charge is -2.35. The smallest absolute Gasteiger partial charge is 0.417 e. The van der Waals surface area contributed by atoms with Crippen LogP contribution in [0.25, 0.3) is 0 Å². The first-order valence-electron chi connectivity index (χ1n) is 35.4. The molecule has 30 heteroatoms. The van der Waals surface area contributed by atoms with Crippen molar-refractivity contribution in [3.63, 3.8) is 0 Å². The number of rotatable bonds is 31. The quantitative estimate of drug-likeness (QED) is 0.0219. The van der Waals surface area contributed by atoms with Gasteiger partial charge >= 0.3 is 24.2 Å². The monoisotopic (exact) mass is 1460 g/mol. The van der Waals surface area contributed by atoms with Crippen molar-refractivity contribution < 1.29 is 100 Å². The Hall–Kier alpha value is -9.13. The molecule has 1 aliphatic heterocycles. The molecule has 0 radical (unpaired) electrons. The molecule has 3 aromatic carbocycles. The Bertz CT molecular complexity index is 3220. The number of fused-ring (bicyclic) bond motifs is 1. The van der Waals surface area contributed by atoms with E-state index in [0.717, 1.165) is 12.7 Å². The van der Waals surface area contributed by atoms with Crippen LogP contribution in [0.4, 0.5) is 14.4 Å². The Morgan fingerprint density at radius 2 is 0.923 bits per heavy atom. The summed E-state index contributed by atoms with van der Waals surface area (Å²) in [6, 6.07) is 10.8. The lowest BCUT2D eigenvalue weighted by molar-refractivity contribution is -0.145. The zero-order valence-electron chi connectivity index (χ0n) is 62.7. The Labute approximate surface area is 610 Å². The highest BCUT2D eigenvalue weighted by Crippen LogP contribution is 2.31. The molecule has 10 amide bonds. The van der Waals surface area contributed by atoms with E-state index in [2.05, 4.69) is 42.5 Å². The van der Waals surface area contributed by atoms with Crippen molar-refractivity contribution in [3.05, 3.63) is 95.6 Å². The van der Waals surface area contributed by atoms with Crippen LogP contribution in [0.2, 0.25) is 0 Å². The second-order valence-corrected chi connectivity index (χ2v) is 27.9. The third kappa shape index (κ3) is 34.0. The summed E-state index contributed by atoms with van der Waals surface area (Å²) >= 11 is 0. The van der Waals surface area contributed by atoms with Crippen LogP contribution in [0.3, 0.4) is 0 Å². The fraction of sp³-hybridized carbons (Fsp3) is 0.608. The lowest BCUT2D eigenvalue weighted by Crippen LogP contribution is -2.62. The molecule has 0 saturated heterocycles. The molecule has 1 aliphatic rings. The molecular weight excluding hydrogens is 1350 g/mol. The zero-order valence-corrected chi connectivity index (χ0v) is 62.7. The van der Waals surface area contributed by atoms with Crippen molar-refractivity contribution in [2.24, 2.45) is 11.8 Å². The fourth-order valence-electron chi connectivity index (χ4n) is 10.3. The number of methoxy groups -OCH3 is 1. The minimum atomic E-state index is -1.89. The molecule has 8 N–H and O–H groups in total. The van der Waals surface area contributed by atoms with Crippen LogP contribution in [0.5, 0.6) is 11.5 Å². The van der Waals surface area contributed by atoms with Crippen molar-refractivity contribution in [2.75, 3.05) is 79.7 Å². The normalized spacial score (nSPS) is 15.7. The van der Waals surface area contributed by atoms with Gasteiger partial charge in [-0.05, 0) is 135 Å². The molecule has 0 aromatic heterocycles. The molecule has 30 nitrogen and oxygen atoms in total. The summed E-state index contributed by atoms with van der Waals surface area (Å²) in [6.45, 7) is 23.3. The maximum Gasteiger partial charge on any atom is 0.417 e. The molecule has 0 fully saturated rings. The second-order valence-electron chi connectivity index (χ2n) is 27.9. The number of alkyl carbamates (subject to hydrolysis) is 2. The van der Waals surface area contributed by atoms with Crippen molar-refractivity contribution in [1.82, 2.24) is 47.4 Å². The highest BCUT2D eigenvalue weighted by Gasteiger charge is 2.43.